The van der Waals surface area contributed by atoms with Gasteiger partial charge in [-0.25, -0.2) is 9.78 Å². The van der Waals surface area contributed by atoms with Crippen LogP contribution in [0.15, 0.2) is 16.8 Å². The summed E-state index contributed by atoms with van der Waals surface area (Å²) in [5.41, 5.74) is 1.63. The lowest BCUT2D eigenvalue weighted by Gasteiger charge is -2.10. The molecule has 2 heterocycles. The van der Waals surface area contributed by atoms with Gasteiger partial charge in [-0.05, 0) is 43.2 Å². The van der Waals surface area contributed by atoms with Crippen LogP contribution in [-0.2, 0) is 4.74 Å². The van der Waals surface area contributed by atoms with Crippen LogP contribution in [0.5, 0.6) is 0 Å². The summed E-state index contributed by atoms with van der Waals surface area (Å²) < 4.78 is 4.98. The van der Waals surface area contributed by atoms with Gasteiger partial charge in [-0.2, -0.15) is 11.3 Å². The molecule has 6 heteroatoms. The predicted octanol–water partition coefficient (Wildman–Crippen LogP) is 3.86. The molecule has 0 saturated heterocycles. The number of hydrogen-bond acceptors (Lipinski definition) is 6. The summed E-state index contributed by atoms with van der Waals surface area (Å²) in [5.74, 6) is -0.354. The Labute approximate surface area is 120 Å². The van der Waals surface area contributed by atoms with Crippen LogP contribution in [0.3, 0.4) is 0 Å². The molecule has 1 unspecified atom stereocenters. The standard InChI is InChI=1S/C13H16N2O2S2/c1-4-17-12(16)11-9(3)19-13(15-11)14-8(2)10-5-6-18-7-10/h5-8H,4H2,1-3H3,(H,14,15). The molecule has 102 valence electrons. The van der Waals surface area contributed by atoms with E-state index >= 15 is 0 Å². The number of nitrogens with one attached hydrogen (secondary N) is 1. The van der Waals surface area contributed by atoms with E-state index in [9.17, 15) is 4.79 Å². The van der Waals surface area contributed by atoms with Gasteiger partial charge in [-0.3, -0.25) is 0 Å². The Balaban J connectivity index is 2.10. The topological polar surface area (TPSA) is 51.2 Å². The molecule has 0 aliphatic carbocycles. The van der Waals surface area contributed by atoms with Gasteiger partial charge in [0.15, 0.2) is 10.8 Å². The molecule has 1 atom stereocenters. The van der Waals surface area contributed by atoms with Crippen molar-refractivity contribution in [2.45, 2.75) is 26.8 Å². The summed E-state index contributed by atoms with van der Waals surface area (Å²) >= 11 is 3.14. The van der Waals surface area contributed by atoms with Gasteiger partial charge in [0.05, 0.1) is 12.6 Å². The predicted molar refractivity (Wildman–Crippen MR) is 79.2 cm³/mol. The molecular formula is C13H16N2O2S2. The van der Waals surface area contributed by atoms with E-state index in [1.54, 1.807) is 18.3 Å². The molecule has 2 aromatic rings. The zero-order valence-electron chi connectivity index (χ0n) is 11.1. The summed E-state index contributed by atoms with van der Waals surface area (Å²) in [5, 5.41) is 8.21. The second-order valence-electron chi connectivity index (χ2n) is 4.07. The number of aryl methyl sites for hydroxylation is 1. The van der Waals surface area contributed by atoms with E-state index in [0.29, 0.717) is 12.3 Å². The molecule has 0 radical (unpaired) electrons. The Kier molecular flexibility index (Phi) is 4.55. The van der Waals surface area contributed by atoms with Gasteiger partial charge in [0.1, 0.15) is 0 Å². The van der Waals surface area contributed by atoms with Crippen LogP contribution in [-0.4, -0.2) is 17.6 Å². The van der Waals surface area contributed by atoms with Crippen molar-refractivity contribution in [3.63, 3.8) is 0 Å². The van der Waals surface area contributed by atoms with E-state index in [0.717, 1.165) is 10.0 Å². The fraction of sp³-hybridized carbons (Fsp3) is 0.385. The average Bonchev–Trinajstić information content (AvgIpc) is 2.99. The highest BCUT2D eigenvalue weighted by Gasteiger charge is 2.17. The number of thiophene rings is 1. The highest BCUT2D eigenvalue weighted by Crippen LogP contribution is 2.27. The minimum absolute atomic E-state index is 0.173. The van der Waals surface area contributed by atoms with E-state index in [1.807, 2.05) is 12.3 Å². The molecule has 4 nitrogen and oxygen atoms in total. The zero-order valence-corrected chi connectivity index (χ0v) is 12.7. The fourth-order valence-corrected chi connectivity index (χ4v) is 3.28. The number of carbonyl (C=O) groups excluding carboxylic acids is 1. The maximum atomic E-state index is 11.7. The second kappa shape index (κ2) is 6.16. The van der Waals surface area contributed by atoms with Crippen LogP contribution < -0.4 is 5.32 Å². The van der Waals surface area contributed by atoms with Crippen molar-refractivity contribution in [3.8, 4) is 0 Å². The quantitative estimate of drug-likeness (QED) is 0.851. The van der Waals surface area contributed by atoms with Crippen LogP contribution >= 0.6 is 22.7 Å². The smallest absolute Gasteiger partial charge is 0.358 e. The number of hydrogen-bond donors (Lipinski definition) is 1. The minimum atomic E-state index is -0.354. The molecule has 0 aromatic carbocycles. The number of nitrogens with zero attached hydrogens (tertiary/aromatic N) is 1. The van der Waals surface area contributed by atoms with Gasteiger partial charge in [0.2, 0.25) is 0 Å². The van der Waals surface area contributed by atoms with Crippen molar-refractivity contribution in [1.29, 1.82) is 0 Å². The van der Waals surface area contributed by atoms with Crippen molar-refractivity contribution in [1.82, 2.24) is 4.98 Å². The number of rotatable bonds is 5. The molecular weight excluding hydrogens is 280 g/mol. The first-order valence-electron chi connectivity index (χ1n) is 6.05. The van der Waals surface area contributed by atoms with Crippen molar-refractivity contribution in [3.05, 3.63) is 33.0 Å². The number of esters is 1. The number of carbonyl (C=O) groups is 1. The summed E-state index contributed by atoms with van der Waals surface area (Å²) in [7, 11) is 0. The van der Waals surface area contributed by atoms with Crippen molar-refractivity contribution >= 4 is 33.8 Å². The lowest BCUT2D eigenvalue weighted by molar-refractivity contribution is 0.0519. The van der Waals surface area contributed by atoms with Gasteiger partial charge in [-0.1, -0.05) is 0 Å². The molecule has 2 aromatic heterocycles. The van der Waals surface area contributed by atoms with Gasteiger partial charge in [-0.15, -0.1) is 11.3 Å². The van der Waals surface area contributed by atoms with Crippen molar-refractivity contribution in [2.75, 3.05) is 11.9 Å². The first kappa shape index (κ1) is 14.0. The maximum Gasteiger partial charge on any atom is 0.358 e. The van der Waals surface area contributed by atoms with Gasteiger partial charge < -0.3 is 10.1 Å². The highest BCUT2D eigenvalue weighted by atomic mass is 32.1. The third kappa shape index (κ3) is 3.33. The molecule has 1 N–H and O–H groups in total. The summed E-state index contributed by atoms with van der Waals surface area (Å²) in [6.45, 7) is 6.11. The number of thiazole rings is 1. The third-order valence-electron chi connectivity index (χ3n) is 2.65. The Morgan fingerprint density at radius 2 is 2.37 bits per heavy atom. The van der Waals surface area contributed by atoms with Gasteiger partial charge in [0, 0.05) is 4.88 Å². The van der Waals surface area contributed by atoms with E-state index in [1.165, 1.54) is 16.9 Å². The van der Waals surface area contributed by atoms with E-state index in [2.05, 4.69) is 28.7 Å². The average molecular weight is 296 g/mol. The summed E-state index contributed by atoms with van der Waals surface area (Å²) in [4.78, 5) is 16.9. The van der Waals surface area contributed by atoms with Crippen LogP contribution in [0, 0.1) is 6.92 Å². The Morgan fingerprint density at radius 1 is 1.58 bits per heavy atom. The number of anilines is 1. The van der Waals surface area contributed by atoms with E-state index < -0.39 is 0 Å². The van der Waals surface area contributed by atoms with E-state index in [-0.39, 0.29) is 12.0 Å². The second-order valence-corrected chi connectivity index (χ2v) is 6.05. The summed E-state index contributed by atoms with van der Waals surface area (Å²) in [6, 6.07) is 2.25. The van der Waals surface area contributed by atoms with Crippen LogP contribution in [0.25, 0.3) is 0 Å². The molecule has 0 bridgehead atoms. The molecule has 0 aliphatic heterocycles. The van der Waals surface area contributed by atoms with Gasteiger partial charge in [0.25, 0.3) is 0 Å². The lowest BCUT2D eigenvalue weighted by Crippen LogP contribution is -2.08. The molecule has 0 amide bonds. The molecule has 2 rings (SSSR count). The summed E-state index contributed by atoms with van der Waals surface area (Å²) in [6.07, 6.45) is 0. The molecule has 19 heavy (non-hydrogen) atoms. The van der Waals surface area contributed by atoms with Crippen LogP contribution in [0.1, 0.15) is 40.8 Å². The zero-order chi connectivity index (χ0) is 13.8. The highest BCUT2D eigenvalue weighted by molar-refractivity contribution is 7.15. The van der Waals surface area contributed by atoms with Crippen molar-refractivity contribution in [2.24, 2.45) is 0 Å². The SMILES string of the molecule is CCOC(=O)c1nc(NC(C)c2ccsc2)sc1C. The van der Waals surface area contributed by atoms with Crippen LogP contribution in [0.4, 0.5) is 5.13 Å². The Morgan fingerprint density at radius 3 is 3.00 bits per heavy atom. The number of aromatic nitrogens is 1. The molecule has 0 fully saturated rings. The van der Waals surface area contributed by atoms with Crippen LogP contribution in [0.2, 0.25) is 0 Å². The number of ether oxygens (including phenoxy) is 1. The Hall–Kier alpha value is -1.40. The first-order valence-corrected chi connectivity index (χ1v) is 7.81. The fourth-order valence-electron chi connectivity index (χ4n) is 1.64. The van der Waals surface area contributed by atoms with Gasteiger partial charge >= 0.3 is 5.97 Å². The van der Waals surface area contributed by atoms with E-state index in [4.69, 9.17) is 4.74 Å². The maximum absolute atomic E-state index is 11.7. The monoisotopic (exact) mass is 296 g/mol. The Bertz CT molecular complexity index is 549. The lowest BCUT2D eigenvalue weighted by atomic mass is 10.2. The normalized spacial score (nSPS) is 12.2. The molecule has 0 saturated carbocycles. The molecule has 0 aliphatic rings. The third-order valence-corrected chi connectivity index (χ3v) is 4.25. The molecule has 0 spiro atoms. The minimum Gasteiger partial charge on any atom is -0.461 e. The first-order chi connectivity index (χ1) is 9.11. The largest absolute Gasteiger partial charge is 0.461 e. The van der Waals surface area contributed by atoms with Crippen molar-refractivity contribution < 1.29 is 9.53 Å².